The quantitative estimate of drug-likeness (QED) is 0.703. The summed E-state index contributed by atoms with van der Waals surface area (Å²) in [6, 6.07) is 13.6. The van der Waals surface area contributed by atoms with Gasteiger partial charge in [-0.15, -0.1) is 0 Å². The van der Waals surface area contributed by atoms with Gasteiger partial charge in [0, 0.05) is 18.7 Å². The zero-order valence-electron chi connectivity index (χ0n) is 19.0. The van der Waals surface area contributed by atoms with Crippen LogP contribution >= 0.6 is 0 Å². The summed E-state index contributed by atoms with van der Waals surface area (Å²) in [4.78, 5) is 40.7. The van der Waals surface area contributed by atoms with Crippen LogP contribution in [0.3, 0.4) is 0 Å². The van der Waals surface area contributed by atoms with Crippen LogP contribution in [0.2, 0.25) is 0 Å². The molecule has 0 radical (unpaired) electrons. The van der Waals surface area contributed by atoms with Gasteiger partial charge in [-0.2, -0.15) is 0 Å². The van der Waals surface area contributed by atoms with Crippen molar-refractivity contribution in [3.8, 4) is 0 Å². The number of fused-ring (bicyclic) bond motifs is 1. The van der Waals surface area contributed by atoms with Gasteiger partial charge in [0.05, 0.1) is 17.5 Å². The Kier molecular flexibility index (Phi) is 6.18. The van der Waals surface area contributed by atoms with E-state index in [2.05, 4.69) is 5.43 Å². The summed E-state index contributed by atoms with van der Waals surface area (Å²) >= 11 is 0. The number of nitrogens with one attached hydrogen (secondary N) is 1. The highest BCUT2D eigenvalue weighted by Gasteiger charge is 2.42. The zero-order chi connectivity index (χ0) is 23.7. The van der Waals surface area contributed by atoms with Gasteiger partial charge in [-0.05, 0) is 73.9 Å². The molecule has 3 aliphatic rings. The summed E-state index contributed by atoms with van der Waals surface area (Å²) in [5.74, 6) is -0.884. The molecule has 6 nitrogen and oxygen atoms in total. The predicted molar refractivity (Wildman–Crippen MR) is 126 cm³/mol. The monoisotopic (exact) mass is 461 g/mol. The lowest BCUT2D eigenvalue weighted by molar-refractivity contribution is -0.139. The zero-order valence-corrected chi connectivity index (χ0v) is 19.0. The van der Waals surface area contributed by atoms with Gasteiger partial charge in [0.25, 0.3) is 5.91 Å². The van der Waals surface area contributed by atoms with Crippen LogP contribution in [0, 0.1) is 23.6 Å². The molecule has 7 heteroatoms. The van der Waals surface area contributed by atoms with Gasteiger partial charge in [-0.25, -0.2) is 9.40 Å². The number of nitrogens with zero attached hydrogens (tertiary/aromatic N) is 2. The van der Waals surface area contributed by atoms with Crippen LogP contribution in [0.5, 0.6) is 0 Å². The van der Waals surface area contributed by atoms with E-state index in [9.17, 15) is 18.8 Å². The number of benzene rings is 2. The highest BCUT2D eigenvalue weighted by atomic mass is 19.1. The van der Waals surface area contributed by atoms with Crippen molar-refractivity contribution in [1.82, 2.24) is 10.3 Å². The largest absolute Gasteiger partial charge is 0.339 e. The van der Waals surface area contributed by atoms with E-state index < -0.39 is 0 Å². The Labute approximate surface area is 198 Å². The Balaban J connectivity index is 1.24. The Morgan fingerprint density at radius 2 is 1.71 bits per heavy atom. The van der Waals surface area contributed by atoms with E-state index in [1.807, 2.05) is 23.1 Å². The standard InChI is InChI=1S/C27H28FN3O3/c28-21-7-3-5-19(16-21)15-18-11-13-30(14-12-18)26(33)20-6-4-8-22(17-20)31-27(34)24-10-2-1-9-23(24)25(32)29-31/h1-8,16-18,23-24H,9-15H2,(H,29,32). The third-order valence-corrected chi connectivity index (χ3v) is 7.20. The number of carbonyl (C=O) groups is 3. The fourth-order valence-electron chi connectivity index (χ4n) is 5.28. The van der Waals surface area contributed by atoms with E-state index in [4.69, 9.17) is 0 Å². The lowest BCUT2D eigenvalue weighted by Gasteiger charge is -2.38. The van der Waals surface area contributed by atoms with E-state index in [0.717, 1.165) is 24.8 Å². The SMILES string of the molecule is O=C1NN(c2cccc(C(=O)N3CCC(Cc4cccc(F)c4)CC3)c2)C(=O)C2CC=CCC12. The van der Waals surface area contributed by atoms with E-state index in [0.29, 0.717) is 43.1 Å². The minimum atomic E-state index is -0.366. The molecule has 0 bridgehead atoms. The van der Waals surface area contributed by atoms with Gasteiger partial charge >= 0.3 is 0 Å². The van der Waals surface area contributed by atoms with Gasteiger partial charge in [-0.1, -0.05) is 30.4 Å². The van der Waals surface area contributed by atoms with Gasteiger partial charge in [-0.3, -0.25) is 19.8 Å². The van der Waals surface area contributed by atoms with Gasteiger partial charge in [0.15, 0.2) is 0 Å². The maximum atomic E-state index is 13.5. The molecule has 0 spiro atoms. The van der Waals surface area contributed by atoms with Crippen LogP contribution in [0.25, 0.3) is 0 Å². The summed E-state index contributed by atoms with van der Waals surface area (Å²) in [5.41, 5.74) is 4.70. The molecule has 5 rings (SSSR count). The molecule has 2 saturated heterocycles. The van der Waals surface area contributed by atoms with Crippen LogP contribution in [0.1, 0.15) is 41.6 Å². The number of carbonyl (C=O) groups excluding carboxylic acids is 3. The minimum absolute atomic E-state index is 0.0830. The molecule has 2 unspecified atom stereocenters. The number of hydrogen-bond donors (Lipinski definition) is 1. The Morgan fingerprint density at radius 1 is 0.971 bits per heavy atom. The van der Waals surface area contributed by atoms with Crippen LogP contribution in [-0.2, 0) is 16.0 Å². The first-order valence-electron chi connectivity index (χ1n) is 11.9. The molecule has 2 atom stereocenters. The normalized spacial score (nSPS) is 23.0. The van der Waals surface area contributed by atoms with Crippen molar-refractivity contribution >= 4 is 23.4 Å². The number of hydrazine groups is 1. The minimum Gasteiger partial charge on any atom is -0.339 e. The summed E-state index contributed by atoms with van der Waals surface area (Å²) < 4.78 is 13.5. The van der Waals surface area contributed by atoms with Gasteiger partial charge < -0.3 is 4.90 Å². The number of anilines is 1. The van der Waals surface area contributed by atoms with Crippen LogP contribution in [0.4, 0.5) is 10.1 Å². The smallest absolute Gasteiger partial charge is 0.253 e. The van der Waals surface area contributed by atoms with Crippen molar-refractivity contribution < 1.29 is 18.8 Å². The van der Waals surface area contributed by atoms with Gasteiger partial charge in [0.1, 0.15) is 5.82 Å². The summed E-state index contributed by atoms with van der Waals surface area (Å²) in [5, 5.41) is 1.30. The Bertz CT molecular complexity index is 1140. The Hall–Kier alpha value is -3.48. The molecule has 176 valence electrons. The van der Waals surface area contributed by atoms with E-state index >= 15 is 0 Å². The van der Waals surface area contributed by atoms with Gasteiger partial charge in [0.2, 0.25) is 11.8 Å². The van der Waals surface area contributed by atoms with Crippen molar-refractivity contribution in [2.24, 2.45) is 17.8 Å². The number of allylic oxidation sites excluding steroid dienone is 2. The molecule has 2 aromatic rings. The lowest BCUT2D eigenvalue weighted by Crippen LogP contribution is -2.59. The second-order valence-electron chi connectivity index (χ2n) is 9.43. The number of halogens is 1. The second-order valence-corrected chi connectivity index (χ2v) is 9.43. The van der Waals surface area contributed by atoms with Crippen molar-refractivity contribution in [2.45, 2.75) is 32.1 Å². The first kappa shape index (κ1) is 22.3. The molecule has 2 fully saturated rings. The van der Waals surface area contributed by atoms with Crippen LogP contribution in [0.15, 0.2) is 60.7 Å². The van der Waals surface area contributed by atoms with E-state index in [1.165, 1.54) is 11.1 Å². The maximum Gasteiger partial charge on any atom is 0.253 e. The predicted octanol–water partition coefficient (Wildman–Crippen LogP) is 3.88. The van der Waals surface area contributed by atoms with Crippen molar-refractivity contribution in [3.05, 3.63) is 77.6 Å². The topological polar surface area (TPSA) is 69.7 Å². The first-order chi connectivity index (χ1) is 16.5. The third-order valence-electron chi connectivity index (χ3n) is 7.20. The highest BCUT2D eigenvalue weighted by molar-refractivity contribution is 6.05. The number of hydrogen-bond acceptors (Lipinski definition) is 3. The molecular formula is C27H28FN3O3. The van der Waals surface area contributed by atoms with Crippen molar-refractivity contribution in [2.75, 3.05) is 18.1 Å². The molecule has 2 aliphatic heterocycles. The number of amides is 3. The molecule has 1 aliphatic carbocycles. The second kappa shape index (κ2) is 9.41. The maximum absolute atomic E-state index is 13.5. The average molecular weight is 462 g/mol. The number of rotatable bonds is 4. The summed E-state index contributed by atoms with van der Waals surface area (Å²) in [7, 11) is 0. The van der Waals surface area contributed by atoms with Crippen molar-refractivity contribution in [3.63, 3.8) is 0 Å². The molecule has 3 amide bonds. The average Bonchev–Trinajstić information content (AvgIpc) is 2.86. The van der Waals surface area contributed by atoms with Crippen LogP contribution in [-0.4, -0.2) is 35.7 Å². The number of piperidine rings is 1. The first-order valence-corrected chi connectivity index (χ1v) is 11.9. The fraction of sp³-hybridized carbons (Fsp3) is 0.370. The fourth-order valence-corrected chi connectivity index (χ4v) is 5.28. The molecule has 0 aromatic heterocycles. The molecule has 0 saturated carbocycles. The molecule has 1 N–H and O–H groups in total. The molecule has 34 heavy (non-hydrogen) atoms. The molecule has 2 heterocycles. The van der Waals surface area contributed by atoms with Crippen LogP contribution < -0.4 is 10.4 Å². The highest BCUT2D eigenvalue weighted by Crippen LogP contribution is 2.33. The number of likely N-dealkylation sites (tertiary alicyclic amines) is 1. The molecular weight excluding hydrogens is 433 g/mol. The lowest BCUT2D eigenvalue weighted by atomic mass is 9.80. The van der Waals surface area contributed by atoms with E-state index in [-0.39, 0.29) is 35.4 Å². The Morgan fingerprint density at radius 3 is 2.47 bits per heavy atom. The molecule has 2 aromatic carbocycles. The summed E-state index contributed by atoms with van der Waals surface area (Å²) in [6.45, 7) is 1.27. The van der Waals surface area contributed by atoms with Crippen molar-refractivity contribution in [1.29, 1.82) is 0 Å². The third kappa shape index (κ3) is 4.47. The summed E-state index contributed by atoms with van der Waals surface area (Å²) in [6.07, 6.45) is 7.56. The van der Waals surface area contributed by atoms with E-state index in [1.54, 1.807) is 36.4 Å².